The maximum Gasteiger partial charge on any atom is 0.274 e. The van der Waals surface area contributed by atoms with E-state index in [1.807, 2.05) is 25.1 Å². The fourth-order valence-corrected chi connectivity index (χ4v) is 5.45. The van der Waals surface area contributed by atoms with Crippen LogP contribution in [0.15, 0.2) is 84.3 Å². The van der Waals surface area contributed by atoms with Gasteiger partial charge in [-0.25, -0.2) is 0 Å². The van der Waals surface area contributed by atoms with Crippen molar-refractivity contribution in [3.8, 4) is 22.6 Å². The van der Waals surface area contributed by atoms with Gasteiger partial charge in [0.2, 0.25) is 12.7 Å². The Morgan fingerprint density at radius 1 is 0.894 bits per heavy atom. The summed E-state index contributed by atoms with van der Waals surface area (Å²) in [6.45, 7) is 7.28. The summed E-state index contributed by atoms with van der Waals surface area (Å²) in [6.07, 6.45) is 2.84. The normalized spacial score (nSPS) is 13.5. The molecule has 2 aliphatic rings. The lowest BCUT2D eigenvalue weighted by atomic mass is 9.99. The van der Waals surface area contributed by atoms with Crippen LogP contribution in [0.1, 0.15) is 26.3 Å². The van der Waals surface area contributed by atoms with Crippen molar-refractivity contribution in [3.05, 3.63) is 107 Å². The number of ether oxygens (including phenoxy) is 3. The van der Waals surface area contributed by atoms with E-state index in [-0.39, 0.29) is 35.5 Å². The zero-order valence-corrected chi connectivity index (χ0v) is 25.9. The molecule has 0 radical (unpaired) electrons. The molecule has 0 aliphatic carbocycles. The molecule has 3 aromatic carbocycles. The highest BCUT2D eigenvalue weighted by Crippen LogP contribution is 2.34. The molecule has 12 heteroatoms. The smallest absolute Gasteiger partial charge is 0.274 e. The predicted molar refractivity (Wildman–Crippen MR) is 178 cm³/mol. The zero-order chi connectivity index (χ0) is 33.1. The van der Waals surface area contributed by atoms with Gasteiger partial charge in [-0.1, -0.05) is 18.7 Å². The van der Waals surface area contributed by atoms with Crippen LogP contribution in [0.25, 0.3) is 11.1 Å². The molecule has 4 aromatic rings. The summed E-state index contributed by atoms with van der Waals surface area (Å²) < 4.78 is 17.6. The van der Waals surface area contributed by atoms with Crippen molar-refractivity contribution < 1.29 is 28.6 Å². The molecule has 0 unspecified atom stereocenters. The number of hydrogen-bond donors (Lipinski definition) is 3. The van der Waals surface area contributed by atoms with Gasteiger partial charge in [0.05, 0.1) is 24.5 Å². The number of nitrogens with zero attached hydrogens (tertiary/aromatic N) is 2. The molecule has 47 heavy (non-hydrogen) atoms. The van der Waals surface area contributed by atoms with Gasteiger partial charge in [0.15, 0.2) is 11.5 Å². The molecule has 2 aliphatic heterocycles. The first kappa shape index (κ1) is 31.1. The molecule has 0 saturated carbocycles. The predicted octanol–water partition coefficient (Wildman–Crippen LogP) is 4.68. The number of anilines is 4. The second-order valence-corrected chi connectivity index (χ2v) is 11.0. The van der Waals surface area contributed by atoms with E-state index in [1.54, 1.807) is 60.6 Å². The van der Waals surface area contributed by atoms with Crippen molar-refractivity contribution in [2.75, 3.05) is 49.0 Å². The second-order valence-electron chi connectivity index (χ2n) is 11.0. The lowest BCUT2D eigenvalue weighted by Gasteiger charge is -2.27. The van der Waals surface area contributed by atoms with Gasteiger partial charge < -0.3 is 39.6 Å². The van der Waals surface area contributed by atoms with Crippen LogP contribution in [0.5, 0.6) is 11.5 Å². The maximum absolute atomic E-state index is 13.3. The molecule has 3 N–H and O–H groups in total. The molecular formula is C35H33N5O7. The largest absolute Gasteiger partial charge is 0.454 e. The van der Waals surface area contributed by atoms with E-state index in [0.29, 0.717) is 60.3 Å². The first-order chi connectivity index (χ1) is 22.7. The lowest BCUT2D eigenvalue weighted by molar-refractivity contribution is -0.111. The van der Waals surface area contributed by atoms with Gasteiger partial charge >= 0.3 is 0 Å². The highest BCUT2D eigenvalue weighted by atomic mass is 16.7. The van der Waals surface area contributed by atoms with Gasteiger partial charge in [-0.15, -0.1) is 0 Å². The summed E-state index contributed by atoms with van der Waals surface area (Å²) in [5.41, 5.74) is 4.42. The van der Waals surface area contributed by atoms with Gasteiger partial charge in [-0.2, -0.15) is 0 Å². The second kappa shape index (κ2) is 13.2. The number of rotatable bonds is 8. The van der Waals surface area contributed by atoms with Crippen LogP contribution < -0.4 is 31.0 Å². The molecule has 12 nitrogen and oxygen atoms in total. The topological polar surface area (TPSA) is 140 Å². The molecule has 1 aromatic heterocycles. The molecule has 1 fully saturated rings. The van der Waals surface area contributed by atoms with Gasteiger partial charge in [0.1, 0.15) is 5.69 Å². The minimum absolute atomic E-state index is 0.116. The highest BCUT2D eigenvalue weighted by molar-refractivity contribution is 6.07. The summed E-state index contributed by atoms with van der Waals surface area (Å²) in [7, 11) is 1.65. The van der Waals surface area contributed by atoms with Crippen molar-refractivity contribution in [2.24, 2.45) is 7.05 Å². The van der Waals surface area contributed by atoms with Crippen molar-refractivity contribution in [1.82, 2.24) is 9.47 Å². The molecule has 0 atom stereocenters. The Balaban J connectivity index is 1.28. The Kier molecular flexibility index (Phi) is 8.76. The first-order valence-corrected chi connectivity index (χ1v) is 14.9. The van der Waals surface area contributed by atoms with Crippen LogP contribution in [0.4, 0.5) is 22.7 Å². The molecule has 0 bridgehead atoms. The van der Waals surface area contributed by atoms with Crippen LogP contribution in [0, 0.1) is 6.92 Å². The van der Waals surface area contributed by atoms with Gasteiger partial charge in [-0.05, 0) is 72.7 Å². The summed E-state index contributed by atoms with van der Waals surface area (Å²) >= 11 is 0. The minimum atomic E-state index is -0.475. The summed E-state index contributed by atoms with van der Waals surface area (Å²) in [6, 6.07) is 17.2. The van der Waals surface area contributed by atoms with E-state index in [0.717, 1.165) is 22.8 Å². The number of aromatic nitrogens is 1. The molecule has 6 rings (SSSR count). The Hall–Kier alpha value is -5.88. The molecule has 240 valence electrons. The minimum Gasteiger partial charge on any atom is -0.454 e. The number of pyridine rings is 1. The van der Waals surface area contributed by atoms with Crippen molar-refractivity contribution in [3.63, 3.8) is 0 Å². The number of hydrogen-bond acceptors (Lipinski definition) is 8. The Morgan fingerprint density at radius 3 is 2.47 bits per heavy atom. The molecule has 3 amide bonds. The average molecular weight is 636 g/mol. The van der Waals surface area contributed by atoms with E-state index >= 15 is 0 Å². The van der Waals surface area contributed by atoms with Crippen molar-refractivity contribution in [2.45, 2.75) is 6.92 Å². The lowest BCUT2D eigenvalue weighted by Crippen LogP contribution is -2.41. The molecular weight excluding hydrogens is 602 g/mol. The number of morpholine rings is 1. The van der Waals surface area contributed by atoms with Gasteiger partial charge in [0, 0.05) is 48.8 Å². The Morgan fingerprint density at radius 2 is 1.68 bits per heavy atom. The number of fused-ring (bicyclic) bond motifs is 1. The zero-order valence-electron chi connectivity index (χ0n) is 25.9. The van der Waals surface area contributed by atoms with E-state index in [9.17, 15) is 19.2 Å². The Labute approximate surface area is 270 Å². The van der Waals surface area contributed by atoms with Crippen LogP contribution in [-0.2, 0) is 16.6 Å². The van der Waals surface area contributed by atoms with E-state index in [1.165, 1.54) is 4.57 Å². The van der Waals surface area contributed by atoms with Crippen LogP contribution >= 0.6 is 0 Å². The van der Waals surface area contributed by atoms with Crippen molar-refractivity contribution >= 4 is 40.5 Å². The van der Waals surface area contributed by atoms with Crippen LogP contribution in [0.3, 0.4) is 0 Å². The maximum atomic E-state index is 13.3. The Bertz CT molecular complexity index is 1960. The monoisotopic (exact) mass is 635 g/mol. The third-order valence-corrected chi connectivity index (χ3v) is 7.98. The first-order valence-electron chi connectivity index (χ1n) is 14.9. The summed E-state index contributed by atoms with van der Waals surface area (Å²) in [4.78, 5) is 53.6. The van der Waals surface area contributed by atoms with E-state index < -0.39 is 5.91 Å². The number of carbonyl (C=O) groups is 3. The van der Waals surface area contributed by atoms with Crippen molar-refractivity contribution in [1.29, 1.82) is 0 Å². The fraction of sp³-hybridized carbons (Fsp3) is 0.200. The number of benzene rings is 3. The number of amides is 3. The summed E-state index contributed by atoms with van der Waals surface area (Å²) in [5, 5.41) is 8.85. The highest BCUT2D eigenvalue weighted by Gasteiger charge is 2.23. The average Bonchev–Trinajstić information content (AvgIpc) is 3.56. The quantitative estimate of drug-likeness (QED) is 0.237. The third kappa shape index (κ3) is 6.58. The molecule has 3 heterocycles. The van der Waals surface area contributed by atoms with Gasteiger partial charge in [0.25, 0.3) is 17.4 Å². The number of aryl methyl sites for hydroxylation is 1. The number of nitrogens with one attached hydrogen (secondary N) is 3. The van der Waals surface area contributed by atoms with Crippen LogP contribution in [0.2, 0.25) is 0 Å². The van der Waals surface area contributed by atoms with Gasteiger partial charge in [-0.3, -0.25) is 19.2 Å². The molecule has 1 saturated heterocycles. The summed E-state index contributed by atoms with van der Waals surface area (Å²) in [5.74, 6) is 0.0901. The molecule has 0 spiro atoms. The van der Waals surface area contributed by atoms with E-state index in [2.05, 4.69) is 22.5 Å². The van der Waals surface area contributed by atoms with E-state index in [4.69, 9.17) is 14.2 Å². The van der Waals surface area contributed by atoms with Crippen LogP contribution in [-0.4, -0.2) is 60.3 Å². The SMILES string of the molecule is C=CC(=O)Nc1cc(Nc2cc(-c3cccc(NC(=O)c4ccc5c(c4)OCO5)c3C)cn(C)c2=O)ccc1C(=O)N1CCOCC1. The standard InChI is InChI=1S/C35H33N5O7/c1-4-32(41)37-28-18-24(9-10-26(28)34(43)40-12-14-45-15-13-40)36-29-16-23(19-39(3)35(29)44)25-6-5-7-27(21(25)2)38-33(42)22-8-11-30-31(17-22)47-20-46-30/h4-11,16-19,36H,1,12-15,20H2,2-3H3,(H,37,41)(H,38,42). The third-order valence-electron chi connectivity index (χ3n) is 7.98. The fourth-order valence-electron chi connectivity index (χ4n) is 5.45. The number of carbonyl (C=O) groups excluding carboxylic acids is 3.